The monoisotopic (exact) mass is 272 g/mol. The van der Waals surface area contributed by atoms with Crippen LogP contribution in [0.25, 0.3) is 0 Å². The molecule has 2 atom stereocenters. The van der Waals surface area contributed by atoms with Crippen molar-refractivity contribution in [2.45, 2.75) is 19.4 Å². The molecule has 0 radical (unpaired) electrons. The minimum absolute atomic E-state index is 0.149. The maximum atomic E-state index is 13.1. The molecule has 1 fully saturated rings. The number of carbonyl (C=O) groups excluding carboxylic acids is 1. The van der Waals surface area contributed by atoms with Crippen molar-refractivity contribution >= 4 is 5.91 Å². The van der Waals surface area contributed by atoms with Crippen molar-refractivity contribution in [3.05, 3.63) is 35.1 Å². The zero-order chi connectivity index (χ0) is 14.2. The van der Waals surface area contributed by atoms with Crippen LogP contribution in [0.1, 0.15) is 23.7 Å². The SMILES string of the molecule is CC1CCN(C(=O)c2cc(F)c(F)c(F)c2)C1CN. The summed E-state index contributed by atoms with van der Waals surface area (Å²) < 4.78 is 39.1. The summed E-state index contributed by atoms with van der Waals surface area (Å²) in [6.45, 7) is 2.75. The Bertz CT molecular complexity index is 484. The van der Waals surface area contributed by atoms with Gasteiger partial charge in [0, 0.05) is 24.7 Å². The largest absolute Gasteiger partial charge is 0.334 e. The molecule has 1 aliphatic rings. The molecule has 1 aromatic carbocycles. The number of benzene rings is 1. The summed E-state index contributed by atoms with van der Waals surface area (Å²) in [5.41, 5.74) is 5.42. The molecule has 3 nitrogen and oxygen atoms in total. The van der Waals surface area contributed by atoms with E-state index in [0.29, 0.717) is 13.1 Å². The number of nitrogens with zero attached hydrogens (tertiary/aromatic N) is 1. The predicted molar refractivity (Wildman–Crippen MR) is 64.0 cm³/mol. The lowest BCUT2D eigenvalue weighted by atomic mass is 10.0. The topological polar surface area (TPSA) is 46.3 Å². The normalized spacial score (nSPS) is 22.9. The van der Waals surface area contributed by atoms with E-state index in [4.69, 9.17) is 5.73 Å². The van der Waals surface area contributed by atoms with Crippen LogP contribution < -0.4 is 5.73 Å². The van der Waals surface area contributed by atoms with Crippen LogP contribution in [0.15, 0.2) is 12.1 Å². The highest BCUT2D eigenvalue weighted by Gasteiger charge is 2.34. The molecule has 2 N–H and O–H groups in total. The molecule has 1 heterocycles. The van der Waals surface area contributed by atoms with Gasteiger partial charge in [0.1, 0.15) is 0 Å². The second-order valence-corrected chi connectivity index (χ2v) is 4.82. The highest BCUT2D eigenvalue weighted by molar-refractivity contribution is 5.94. The lowest BCUT2D eigenvalue weighted by molar-refractivity contribution is 0.0726. The van der Waals surface area contributed by atoms with Crippen LogP contribution in [0.2, 0.25) is 0 Å². The Morgan fingerprint density at radius 1 is 1.37 bits per heavy atom. The van der Waals surface area contributed by atoms with E-state index in [-0.39, 0.29) is 17.5 Å². The van der Waals surface area contributed by atoms with Crippen LogP contribution in [0.3, 0.4) is 0 Å². The molecule has 6 heteroatoms. The van der Waals surface area contributed by atoms with Crippen LogP contribution in [0, 0.1) is 23.4 Å². The van der Waals surface area contributed by atoms with Gasteiger partial charge in [0.2, 0.25) is 0 Å². The minimum Gasteiger partial charge on any atom is -0.334 e. The van der Waals surface area contributed by atoms with Gasteiger partial charge in [0.05, 0.1) is 0 Å². The highest BCUT2D eigenvalue weighted by atomic mass is 19.2. The molecule has 0 bridgehead atoms. The molecule has 0 spiro atoms. The third-order valence-corrected chi connectivity index (χ3v) is 3.62. The summed E-state index contributed by atoms with van der Waals surface area (Å²) in [4.78, 5) is 13.7. The summed E-state index contributed by atoms with van der Waals surface area (Å²) in [5, 5.41) is 0. The highest BCUT2D eigenvalue weighted by Crippen LogP contribution is 2.25. The number of hydrogen-bond donors (Lipinski definition) is 1. The van der Waals surface area contributed by atoms with Gasteiger partial charge in [0.25, 0.3) is 5.91 Å². The van der Waals surface area contributed by atoms with E-state index in [2.05, 4.69) is 0 Å². The molecule has 1 aliphatic heterocycles. The Balaban J connectivity index is 2.30. The molecular weight excluding hydrogens is 257 g/mol. The van der Waals surface area contributed by atoms with E-state index in [9.17, 15) is 18.0 Å². The Morgan fingerprint density at radius 2 is 1.95 bits per heavy atom. The van der Waals surface area contributed by atoms with Gasteiger partial charge in [0.15, 0.2) is 17.5 Å². The third-order valence-electron chi connectivity index (χ3n) is 3.62. The zero-order valence-corrected chi connectivity index (χ0v) is 10.5. The standard InChI is InChI=1S/C13H15F3N2O/c1-7-2-3-18(11(7)6-17)13(19)8-4-9(14)12(16)10(15)5-8/h4-5,7,11H,2-3,6,17H2,1H3. The van der Waals surface area contributed by atoms with Gasteiger partial charge in [-0.25, -0.2) is 13.2 Å². The number of rotatable bonds is 2. The summed E-state index contributed by atoms with van der Waals surface area (Å²) >= 11 is 0. The number of hydrogen-bond acceptors (Lipinski definition) is 2. The summed E-state index contributed by atoms with van der Waals surface area (Å²) in [6, 6.07) is 1.29. The average molecular weight is 272 g/mol. The number of halogens is 3. The summed E-state index contributed by atoms with van der Waals surface area (Å²) in [6.07, 6.45) is 0.791. The van der Waals surface area contributed by atoms with Crippen LogP contribution in [0.4, 0.5) is 13.2 Å². The Morgan fingerprint density at radius 3 is 2.47 bits per heavy atom. The Labute approximate surface area is 109 Å². The molecule has 0 saturated carbocycles. The lowest BCUT2D eigenvalue weighted by Crippen LogP contribution is -2.42. The first-order valence-corrected chi connectivity index (χ1v) is 6.11. The first kappa shape index (κ1) is 13.9. The molecule has 1 amide bonds. The summed E-state index contributed by atoms with van der Waals surface area (Å²) in [7, 11) is 0. The Kier molecular flexibility index (Phi) is 3.80. The Hall–Kier alpha value is -1.56. The fourth-order valence-electron chi connectivity index (χ4n) is 2.46. The van der Waals surface area contributed by atoms with Gasteiger partial charge in [-0.3, -0.25) is 4.79 Å². The third kappa shape index (κ3) is 2.45. The van der Waals surface area contributed by atoms with Gasteiger partial charge in [-0.15, -0.1) is 0 Å². The van der Waals surface area contributed by atoms with Crippen molar-refractivity contribution in [1.29, 1.82) is 0 Å². The quantitative estimate of drug-likeness (QED) is 0.836. The van der Waals surface area contributed by atoms with E-state index in [0.717, 1.165) is 18.6 Å². The van der Waals surface area contributed by atoms with Gasteiger partial charge < -0.3 is 10.6 Å². The van der Waals surface area contributed by atoms with Crippen molar-refractivity contribution in [2.75, 3.05) is 13.1 Å². The van der Waals surface area contributed by atoms with E-state index < -0.39 is 23.4 Å². The van der Waals surface area contributed by atoms with E-state index in [1.807, 2.05) is 6.92 Å². The molecular formula is C13H15F3N2O. The fraction of sp³-hybridized carbons (Fsp3) is 0.462. The number of carbonyl (C=O) groups is 1. The molecule has 2 unspecified atom stereocenters. The first-order valence-electron chi connectivity index (χ1n) is 6.11. The van der Waals surface area contributed by atoms with Crippen molar-refractivity contribution in [3.63, 3.8) is 0 Å². The van der Waals surface area contributed by atoms with Gasteiger partial charge >= 0.3 is 0 Å². The zero-order valence-electron chi connectivity index (χ0n) is 10.5. The molecule has 0 aliphatic carbocycles. The molecule has 104 valence electrons. The molecule has 0 aromatic heterocycles. The summed E-state index contributed by atoms with van der Waals surface area (Å²) in [5.74, 6) is -4.57. The maximum absolute atomic E-state index is 13.1. The van der Waals surface area contributed by atoms with E-state index in [1.54, 1.807) is 0 Å². The van der Waals surface area contributed by atoms with Crippen LogP contribution >= 0.6 is 0 Å². The smallest absolute Gasteiger partial charge is 0.254 e. The van der Waals surface area contributed by atoms with Crippen LogP contribution in [-0.4, -0.2) is 29.9 Å². The van der Waals surface area contributed by atoms with Crippen molar-refractivity contribution < 1.29 is 18.0 Å². The average Bonchev–Trinajstić information content (AvgIpc) is 2.75. The van der Waals surface area contributed by atoms with E-state index >= 15 is 0 Å². The van der Waals surface area contributed by atoms with Crippen molar-refractivity contribution in [1.82, 2.24) is 4.90 Å². The van der Waals surface area contributed by atoms with Gasteiger partial charge in [-0.2, -0.15) is 0 Å². The second kappa shape index (κ2) is 5.21. The van der Waals surface area contributed by atoms with Crippen LogP contribution in [0.5, 0.6) is 0 Å². The molecule has 2 rings (SSSR count). The molecule has 1 saturated heterocycles. The van der Waals surface area contributed by atoms with Crippen molar-refractivity contribution in [3.8, 4) is 0 Å². The number of amides is 1. The first-order chi connectivity index (χ1) is 8.95. The van der Waals surface area contributed by atoms with Crippen molar-refractivity contribution in [2.24, 2.45) is 11.7 Å². The minimum atomic E-state index is -1.57. The molecule has 19 heavy (non-hydrogen) atoms. The fourth-order valence-corrected chi connectivity index (χ4v) is 2.46. The van der Waals surface area contributed by atoms with Gasteiger partial charge in [-0.1, -0.05) is 6.92 Å². The number of likely N-dealkylation sites (tertiary alicyclic amines) is 1. The lowest BCUT2D eigenvalue weighted by Gasteiger charge is -2.25. The molecule has 1 aromatic rings. The van der Waals surface area contributed by atoms with Crippen LogP contribution in [-0.2, 0) is 0 Å². The van der Waals surface area contributed by atoms with E-state index in [1.165, 1.54) is 4.90 Å². The predicted octanol–water partition coefficient (Wildman–Crippen LogP) is 1.91. The maximum Gasteiger partial charge on any atom is 0.254 e. The number of nitrogens with two attached hydrogens (primary N) is 1. The second-order valence-electron chi connectivity index (χ2n) is 4.82. The van der Waals surface area contributed by atoms with Gasteiger partial charge in [-0.05, 0) is 24.5 Å².